The summed E-state index contributed by atoms with van der Waals surface area (Å²) in [5.41, 5.74) is 2.07. The molecule has 0 saturated carbocycles. The summed E-state index contributed by atoms with van der Waals surface area (Å²) in [4.78, 5) is 19.2. The molecular weight excluding hydrogens is 258 g/mol. The summed E-state index contributed by atoms with van der Waals surface area (Å²) in [6.07, 6.45) is 5.62. The molecule has 2 aromatic rings. The van der Waals surface area contributed by atoms with E-state index in [0.717, 1.165) is 28.9 Å². The first-order valence-corrected chi connectivity index (χ1v) is 7.79. The monoisotopic (exact) mass is 277 g/mol. The molecular formula is C14H19N3OS. The predicted octanol–water partition coefficient (Wildman–Crippen LogP) is 2.25. The molecule has 0 aromatic carbocycles. The molecule has 1 saturated heterocycles. The van der Waals surface area contributed by atoms with E-state index in [2.05, 4.69) is 9.88 Å². The lowest BCUT2D eigenvalue weighted by atomic mass is 10.1. The molecule has 3 rings (SSSR count). The van der Waals surface area contributed by atoms with Gasteiger partial charge in [0.05, 0.1) is 11.8 Å². The van der Waals surface area contributed by atoms with Gasteiger partial charge in [0.2, 0.25) is 0 Å². The van der Waals surface area contributed by atoms with Crippen molar-refractivity contribution in [1.82, 2.24) is 14.5 Å². The van der Waals surface area contributed by atoms with E-state index in [4.69, 9.17) is 0 Å². The van der Waals surface area contributed by atoms with Gasteiger partial charge in [-0.1, -0.05) is 6.42 Å². The second kappa shape index (κ2) is 5.43. The Kier molecular flexibility index (Phi) is 3.66. The lowest BCUT2D eigenvalue weighted by Crippen LogP contribution is -2.34. The Bertz CT molecular complexity index is 625. The van der Waals surface area contributed by atoms with Crippen LogP contribution in [-0.2, 0) is 6.54 Å². The molecule has 19 heavy (non-hydrogen) atoms. The first-order chi connectivity index (χ1) is 9.25. The van der Waals surface area contributed by atoms with Crippen LogP contribution in [0.3, 0.4) is 0 Å². The van der Waals surface area contributed by atoms with E-state index < -0.39 is 0 Å². The molecule has 0 radical (unpaired) electrons. The summed E-state index contributed by atoms with van der Waals surface area (Å²) >= 11 is 1.51. The fourth-order valence-electron chi connectivity index (χ4n) is 2.65. The van der Waals surface area contributed by atoms with Crippen molar-refractivity contribution < 1.29 is 0 Å². The maximum Gasteiger partial charge on any atom is 0.271 e. The van der Waals surface area contributed by atoms with Crippen LogP contribution < -0.4 is 5.56 Å². The number of thiophene rings is 1. The first-order valence-electron chi connectivity index (χ1n) is 6.91. The van der Waals surface area contributed by atoms with Crippen LogP contribution in [0.5, 0.6) is 0 Å². The Hall–Kier alpha value is -1.20. The molecule has 1 fully saturated rings. The van der Waals surface area contributed by atoms with Crippen LogP contribution in [0, 0.1) is 6.92 Å². The number of likely N-dealkylation sites (tertiary alicyclic amines) is 1. The van der Waals surface area contributed by atoms with Gasteiger partial charge in [0.1, 0.15) is 4.70 Å². The minimum atomic E-state index is 0.111. The van der Waals surface area contributed by atoms with E-state index in [1.807, 2.05) is 12.3 Å². The molecule has 0 atom stereocenters. The minimum absolute atomic E-state index is 0.111. The number of fused-ring (bicyclic) bond motifs is 1. The van der Waals surface area contributed by atoms with Crippen molar-refractivity contribution in [3.05, 3.63) is 27.6 Å². The summed E-state index contributed by atoms with van der Waals surface area (Å²) in [7, 11) is 0. The van der Waals surface area contributed by atoms with E-state index in [-0.39, 0.29) is 5.56 Å². The van der Waals surface area contributed by atoms with E-state index in [1.165, 1.54) is 43.7 Å². The molecule has 2 aromatic heterocycles. The van der Waals surface area contributed by atoms with Crippen LogP contribution in [0.2, 0.25) is 0 Å². The average molecular weight is 277 g/mol. The Balaban J connectivity index is 1.77. The minimum Gasteiger partial charge on any atom is -0.302 e. The van der Waals surface area contributed by atoms with Crippen molar-refractivity contribution in [2.75, 3.05) is 19.6 Å². The summed E-state index contributed by atoms with van der Waals surface area (Å²) in [5.74, 6) is 0. The zero-order valence-corrected chi connectivity index (χ0v) is 12.1. The Morgan fingerprint density at radius 3 is 2.84 bits per heavy atom. The smallest absolute Gasteiger partial charge is 0.271 e. The SMILES string of the molecule is Cc1csc2c(=O)n(CCN3CCCCC3)cnc12. The van der Waals surface area contributed by atoms with Gasteiger partial charge in [0, 0.05) is 13.1 Å². The molecule has 0 aliphatic carbocycles. The summed E-state index contributed by atoms with van der Waals surface area (Å²) < 4.78 is 2.55. The van der Waals surface area contributed by atoms with Crippen molar-refractivity contribution in [2.24, 2.45) is 0 Å². The van der Waals surface area contributed by atoms with Gasteiger partial charge in [-0.05, 0) is 43.8 Å². The molecule has 0 amide bonds. The van der Waals surface area contributed by atoms with Gasteiger partial charge in [0.15, 0.2) is 0 Å². The topological polar surface area (TPSA) is 38.1 Å². The highest BCUT2D eigenvalue weighted by molar-refractivity contribution is 7.17. The molecule has 1 aliphatic rings. The standard InChI is InChI=1S/C14H19N3OS/c1-11-9-19-13-12(11)15-10-17(14(13)18)8-7-16-5-3-2-4-6-16/h9-10H,2-8H2,1H3. The van der Waals surface area contributed by atoms with Crippen molar-refractivity contribution in [1.29, 1.82) is 0 Å². The highest BCUT2D eigenvalue weighted by Gasteiger charge is 2.12. The van der Waals surface area contributed by atoms with Gasteiger partial charge in [0.25, 0.3) is 5.56 Å². The first kappa shape index (κ1) is 12.8. The van der Waals surface area contributed by atoms with Crippen LogP contribution in [0.4, 0.5) is 0 Å². The molecule has 102 valence electrons. The van der Waals surface area contributed by atoms with Gasteiger partial charge >= 0.3 is 0 Å². The van der Waals surface area contributed by atoms with Crippen LogP contribution in [0.1, 0.15) is 24.8 Å². The molecule has 5 heteroatoms. The number of aryl methyl sites for hydroxylation is 1. The van der Waals surface area contributed by atoms with Crippen LogP contribution in [-0.4, -0.2) is 34.1 Å². The van der Waals surface area contributed by atoms with Gasteiger partial charge in [-0.25, -0.2) is 4.98 Å². The van der Waals surface area contributed by atoms with E-state index in [0.29, 0.717) is 0 Å². The van der Waals surface area contributed by atoms with Crippen LogP contribution in [0.25, 0.3) is 10.2 Å². The normalized spacial score (nSPS) is 17.1. The van der Waals surface area contributed by atoms with E-state index in [1.54, 1.807) is 10.9 Å². The summed E-state index contributed by atoms with van der Waals surface area (Å²) in [6, 6.07) is 0. The van der Waals surface area contributed by atoms with Gasteiger partial charge < -0.3 is 4.90 Å². The molecule has 0 N–H and O–H groups in total. The maximum absolute atomic E-state index is 12.3. The number of nitrogens with zero attached hydrogens (tertiary/aromatic N) is 3. The average Bonchev–Trinajstić information content (AvgIpc) is 2.82. The van der Waals surface area contributed by atoms with Crippen molar-refractivity contribution >= 4 is 21.6 Å². The number of aromatic nitrogens is 2. The van der Waals surface area contributed by atoms with Crippen molar-refractivity contribution in [3.63, 3.8) is 0 Å². The molecule has 0 unspecified atom stereocenters. The zero-order chi connectivity index (χ0) is 13.2. The largest absolute Gasteiger partial charge is 0.302 e. The Labute approximate surface area is 116 Å². The summed E-state index contributed by atoms with van der Waals surface area (Å²) in [5, 5.41) is 2.01. The third kappa shape index (κ3) is 2.58. The highest BCUT2D eigenvalue weighted by Crippen LogP contribution is 2.19. The number of hydrogen-bond acceptors (Lipinski definition) is 4. The second-order valence-corrected chi connectivity index (χ2v) is 6.12. The van der Waals surface area contributed by atoms with Crippen LogP contribution >= 0.6 is 11.3 Å². The van der Waals surface area contributed by atoms with Gasteiger partial charge in [-0.15, -0.1) is 11.3 Å². The van der Waals surface area contributed by atoms with Gasteiger partial charge in [-0.2, -0.15) is 0 Å². The lowest BCUT2D eigenvalue weighted by molar-refractivity contribution is 0.220. The highest BCUT2D eigenvalue weighted by atomic mass is 32.1. The Morgan fingerprint density at radius 2 is 2.05 bits per heavy atom. The van der Waals surface area contributed by atoms with E-state index >= 15 is 0 Å². The zero-order valence-electron chi connectivity index (χ0n) is 11.3. The van der Waals surface area contributed by atoms with Crippen molar-refractivity contribution in [2.45, 2.75) is 32.7 Å². The molecule has 0 bridgehead atoms. The number of rotatable bonds is 3. The third-order valence-corrected chi connectivity index (χ3v) is 4.90. The Morgan fingerprint density at radius 1 is 1.26 bits per heavy atom. The quantitative estimate of drug-likeness (QED) is 0.863. The van der Waals surface area contributed by atoms with Crippen molar-refractivity contribution in [3.8, 4) is 0 Å². The van der Waals surface area contributed by atoms with Crippen LogP contribution in [0.15, 0.2) is 16.5 Å². The fraction of sp³-hybridized carbons (Fsp3) is 0.571. The molecule has 4 nitrogen and oxygen atoms in total. The number of piperidine rings is 1. The third-order valence-electron chi connectivity index (χ3n) is 3.83. The molecule has 0 spiro atoms. The molecule has 1 aliphatic heterocycles. The fourth-order valence-corrected chi connectivity index (χ4v) is 3.60. The second-order valence-electron chi connectivity index (χ2n) is 5.24. The number of hydrogen-bond donors (Lipinski definition) is 0. The van der Waals surface area contributed by atoms with E-state index in [9.17, 15) is 4.79 Å². The molecule has 3 heterocycles. The maximum atomic E-state index is 12.3. The predicted molar refractivity (Wildman–Crippen MR) is 78.9 cm³/mol. The summed E-state index contributed by atoms with van der Waals surface area (Å²) in [6.45, 7) is 6.05. The lowest BCUT2D eigenvalue weighted by Gasteiger charge is -2.26. The van der Waals surface area contributed by atoms with Gasteiger partial charge in [-0.3, -0.25) is 9.36 Å².